The van der Waals surface area contributed by atoms with E-state index < -0.39 is 15.4 Å². The van der Waals surface area contributed by atoms with E-state index in [-0.39, 0.29) is 4.90 Å². The van der Waals surface area contributed by atoms with Gasteiger partial charge in [-0.2, -0.15) is 0 Å². The molecule has 0 bridgehead atoms. The van der Waals surface area contributed by atoms with E-state index in [1.165, 1.54) is 12.1 Å². The molecule has 0 unspecified atom stereocenters. The van der Waals surface area contributed by atoms with Crippen molar-refractivity contribution in [3.63, 3.8) is 0 Å². The first-order valence-electron chi connectivity index (χ1n) is 6.76. The van der Waals surface area contributed by atoms with Gasteiger partial charge in [-0.05, 0) is 41.3 Å². The molecule has 4 nitrogen and oxygen atoms in total. The average Bonchev–Trinajstić information content (AvgIpc) is 2.53. The van der Waals surface area contributed by atoms with Gasteiger partial charge in [0.2, 0.25) is 9.84 Å². The summed E-state index contributed by atoms with van der Waals surface area (Å²) < 4.78 is 24.8. The monoisotopic (exact) mass is 345 g/mol. The summed E-state index contributed by atoms with van der Waals surface area (Å²) in [5.41, 5.74) is 0.637. The summed E-state index contributed by atoms with van der Waals surface area (Å²) in [7, 11) is -3.85. The van der Waals surface area contributed by atoms with E-state index in [2.05, 4.69) is 4.98 Å². The first kappa shape index (κ1) is 15.5. The van der Waals surface area contributed by atoms with E-state index in [4.69, 9.17) is 11.6 Å². The Morgan fingerprint density at radius 3 is 2.43 bits per heavy atom. The molecule has 2 aromatic carbocycles. The highest BCUT2D eigenvalue weighted by molar-refractivity contribution is 7.94. The molecule has 23 heavy (non-hydrogen) atoms. The maximum atomic E-state index is 12.4. The maximum Gasteiger partial charge on any atom is 0.267 e. The molecule has 0 atom stereocenters. The van der Waals surface area contributed by atoms with Gasteiger partial charge < -0.3 is 4.98 Å². The van der Waals surface area contributed by atoms with Crippen LogP contribution in [0.3, 0.4) is 0 Å². The van der Waals surface area contributed by atoms with Crippen LogP contribution in [0, 0.1) is 0 Å². The van der Waals surface area contributed by atoms with Crippen LogP contribution in [-0.2, 0) is 9.84 Å². The van der Waals surface area contributed by atoms with Gasteiger partial charge in [0.05, 0.1) is 0 Å². The van der Waals surface area contributed by atoms with E-state index in [1.807, 2.05) is 0 Å². The van der Waals surface area contributed by atoms with E-state index in [1.54, 1.807) is 48.5 Å². The van der Waals surface area contributed by atoms with Crippen molar-refractivity contribution in [2.45, 2.75) is 4.90 Å². The lowest BCUT2D eigenvalue weighted by Crippen LogP contribution is -2.15. The van der Waals surface area contributed by atoms with Crippen LogP contribution in [0.1, 0.15) is 5.56 Å². The third-order valence-electron chi connectivity index (χ3n) is 3.34. The van der Waals surface area contributed by atoms with Crippen LogP contribution in [0.4, 0.5) is 0 Å². The van der Waals surface area contributed by atoms with E-state index in [0.29, 0.717) is 21.5 Å². The number of hydrogen-bond acceptors (Lipinski definition) is 3. The third-order valence-corrected chi connectivity index (χ3v) is 5.00. The highest BCUT2D eigenvalue weighted by Crippen LogP contribution is 2.16. The molecule has 116 valence electrons. The Labute approximate surface area is 138 Å². The summed E-state index contributed by atoms with van der Waals surface area (Å²) in [5, 5.41) is 2.25. The van der Waals surface area contributed by atoms with Gasteiger partial charge in [0.15, 0.2) is 0 Å². The van der Waals surface area contributed by atoms with Crippen molar-refractivity contribution >= 4 is 38.4 Å². The molecule has 0 saturated heterocycles. The van der Waals surface area contributed by atoms with Crippen molar-refractivity contribution in [3.05, 3.63) is 80.9 Å². The normalized spacial score (nSPS) is 12.0. The zero-order chi connectivity index (χ0) is 16.4. The van der Waals surface area contributed by atoms with E-state index >= 15 is 0 Å². The molecule has 0 fully saturated rings. The van der Waals surface area contributed by atoms with Crippen molar-refractivity contribution in [2.75, 3.05) is 0 Å². The summed E-state index contributed by atoms with van der Waals surface area (Å²) in [6.07, 6.45) is 1.43. The molecule has 0 spiro atoms. The molecular formula is C17H12ClNO3S. The van der Waals surface area contributed by atoms with Crippen LogP contribution in [0.15, 0.2) is 69.7 Å². The fraction of sp³-hybridized carbons (Fsp3) is 0. The topological polar surface area (TPSA) is 67.0 Å². The first-order valence-corrected chi connectivity index (χ1v) is 8.69. The summed E-state index contributed by atoms with van der Waals surface area (Å²) in [6.45, 7) is 0. The van der Waals surface area contributed by atoms with Crippen LogP contribution in [0.25, 0.3) is 17.0 Å². The second-order valence-electron chi connectivity index (χ2n) is 4.95. The lowest BCUT2D eigenvalue weighted by Gasteiger charge is -2.02. The van der Waals surface area contributed by atoms with Gasteiger partial charge >= 0.3 is 0 Å². The van der Waals surface area contributed by atoms with Gasteiger partial charge in [-0.3, -0.25) is 4.79 Å². The Kier molecular flexibility index (Phi) is 4.07. The van der Waals surface area contributed by atoms with Gasteiger partial charge in [0.25, 0.3) is 5.56 Å². The van der Waals surface area contributed by atoms with Crippen molar-refractivity contribution in [1.82, 2.24) is 4.98 Å². The fourth-order valence-corrected chi connectivity index (χ4v) is 3.36. The lowest BCUT2D eigenvalue weighted by molar-refractivity contribution is 0.603. The first-order chi connectivity index (χ1) is 11.0. The number of pyridine rings is 1. The summed E-state index contributed by atoms with van der Waals surface area (Å²) in [4.78, 5) is 14.4. The highest BCUT2D eigenvalue weighted by atomic mass is 35.5. The standard InChI is InChI=1S/C17H12ClNO3S/c18-14-7-5-12(6-8-14)9-10-23(21,22)16-11-13-3-1-2-4-15(13)19-17(16)20/h1-11H,(H,19,20)/b10-9+. The van der Waals surface area contributed by atoms with Gasteiger partial charge in [-0.15, -0.1) is 0 Å². The molecule has 0 amide bonds. The van der Waals surface area contributed by atoms with Crippen molar-refractivity contribution in [1.29, 1.82) is 0 Å². The smallest absolute Gasteiger partial charge is 0.267 e. The number of aromatic nitrogens is 1. The molecule has 0 saturated carbocycles. The van der Waals surface area contributed by atoms with Crippen molar-refractivity contribution < 1.29 is 8.42 Å². The molecular weight excluding hydrogens is 334 g/mol. The molecule has 1 heterocycles. The van der Waals surface area contributed by atoms with E-state index in [0.717, 1.165) is 5.41 Å². The minimum atomic E-state index is -3.85. The minimum absolute atomic E-state index is 0.276. The SMILES string of the molecule is O=c1[nH]c2ccccc2cc1S(=O)(=O)/C=C/c1ccc(Cl)cc1. The summed E-state index contributed by atoms with van der Waals surface area (Å²) in [6, 6.07) is 15.1. The molecule has 0 aliphatic heterocycles. The van der Waals surface area contributed by atoms with Crippen molar-refractivity contribution in [2.24, 2.45) is 0 Å². The number of sulfone groups is 1. The van der Waals surface area contributed by atoms with Crippen LogP contribution in [0.2, 0.25) is 5.02 Å². The minimum Gasteiger partial charge on any atom is -0.321 e. The number of H-pyrrole nitrogens is 1. The Morgan fingerprint density at radius 1 is 1.00 bits per heavy atom. The molecule has 0 aliphatic rings. The van der Waals surface area contributed by atoms with Crippen LogP contribution in [0.5, 0.6) is 0 Å². The molecule has 6 heteroatoms. The summed E-state index contributed by atoms with van der Waals surface area (Å²) in [5.74, 6) is 0. The highest BCUT2D eigenvalue weighted by Gasteiger charge is 2.16. The molecule has 1 aromatic heterocycles. The van der Waals surface area contributed by atoms with Gasteiger partial charge in [0, 0.05) is 15.9 Å². The zero-order valence-electron chi connectivity index (χ0n) is 11.9. The Bertz CT molecular complexity index is 1050. The molecule has 0 radical (unpaired) electrons. The number of rotatable bonds is 3. The van der Waals surface area contributed by atoms with Gasteiger partial charge in [-0.1, -0.05) is 41.9 Å². The second kappa shape index (κ2) is 6.02. The van der Waals surface area contributed by atoms with Crippen molar-refractivity contribution in [3.8, 4) is 0 Å². The number of halogens is 1. The van der Waals surface area contributed by atoms with Gasteiger partial charge in [-0.25, -0.2) is 8.42 Å². The quantitative estimate of drug-likeness (QED) is 0.788. The van der Waals surface area contributed by atoms with Crippen LogP contribution >= 0.6 is 11.6 Å². The largest absolute Gasteiger partial charge is 0.321 e. The zero-order valence-corrected chi connectivity index (χ0v) is 13.4. The molecule has 0 aliphatic carbocycles. The lowest BCUT2D eigenvalue weighted by atomic mass is 10.2. The predicted octanol–water partition coefficient (Wildman–Crippen LogP) is 3.63. The number of benzene rings is 2. The average molecular weight is 346 g/mol. The number of nitrogens with one attached hydrogen (secondary N) is 1. The fourth-order valence-electron chi connectivity index (χ4n) is 2.15. The van der Waals surface area contributed by atoms with Crippen LogP contribution < -0.4 is 5.56 Å². The number of hydrogen-bond donors (Lipinski definition) is 1. The predicted molar refractivity (Wildman–Crippen MR) is 92.2 cm³/mol. The van der Waals surface area contributed by atoms with Gasteiger partial charge in [0.1, 0.15) is 4.90 Å². The van der Waals surface area contributed by atoms with E-state index in [9.17, 15) is 13.2 Å². The third kappa shape index (κ3) is 3.36. The summed E-state index contributed by atoms with van der Waals surface area (Å²) >= 11 is 5.79. The Balaban J connectivity index is 2.04. The Morgan fingerprint density at radius 2 is 1.70 bits per heavy atom. The maximum absolute atomic E-state index is 12.4. The number of para-hydroxylation sites is 1. The molecule has 1 N–H and O–H groups in total. The Hall–Kier alpha value is -2.37. The second-order valence-corrected chi connectivity index (χ2v) is 7.19. The molecule has 3 rings (SSSR count). The molecule has 3 aromatic rings. The number of aromatic amines is 1. The number of fused-ring (bicyclic) bond motifs is 1. The van der Waals surface area contributed by atoms with Crippen LogP contribution in [-0.4, -0.2) is 13.4 Å².